The van der Waals surface area contributed by atoms with Crippen molar-refractivity contribution < 1.29 is 14.3 Å². The SMILES string of the molecule is CN1C(=O)CC(N(C)N=Cc2ccc(N3CCOCC3)cc2)NC1=O. The quantitative estimate of drug-likeness (QED) is 0.642. The van der Waals surface area contributed by atoms with E-state index in [4.69, 9.17) is 4.74 Å². The van der Waals surface area contributed by atoms with Crippen molar-refractivity contribution in [3.8, 4) is 0 Å². The number of imide groups is 1. The first kappa shape index (κ1) is 17.2. The Hall–Kier alpha value is -2.61. The summed E-state index contributed by atoms with van der Waals surface area (Å²) in [5.74, 6) is -0.217. The number of amides is 3. The number of hydrogen-bond acceptors (Lipinski definition) is 6. The summed E-state index contributed by atoms with van der Waals surface area (Å²) in [4.78, 5) is 26.8. The summed E-state index contributed by atoms with van der Waals surface area (Å²) in [6.07, 6.45) is 1.49. The van der Waals surface area contributed by atoms with Gasteiger partial charge in [-0.3, -0.25) is 14.7 Å². The highest BCUT2D eigenvalue weighted by atomic mass is 16.5. The van der Waals surface area contributed by atoms with Crippen molar-refractivity contribution in [2.45, 2.75) is 12.6 Å². The lowest BCUT2D eigenvalue weighted by Gasteiger charge is -2.32. The second-order valence-electron chi connectivity index (χ2n) is 6.13. The van der Waals surface area contributed by atoms with Crippen molar-refractivity contribution in [2.75, 3.05) is 45.3 Å². The van der Waals surface area contributed by atoms with Crippen LogP contribution in [0.5, 0.6) is 0 Å². The largest absolute Gasteiger partial charge is 0.378 e. The first-order valence-corrected chi connectivity index (χ1v) is 8.31. The topological polar surface area (TPSA) is 77.5 Å². The fourth-order valence-corrected chi connectivity index (χ4v) is 2.76. The van der Waals surface area contributed by atoms with E-state index < -0.39 is 12.2 Å². The van der Waals surface area contributed by atoms with E-state index in [0.29, 0.717) is 0 Å². The molecule has 0 spiro atoms. The van der Waals surface area contributed by atoms with Gasteiger partial charge in [0.15, 0.2) is 0 Å². The van der Waals surface area contributed by atoms with E-state index in [1.54, 1.807) is 18.3 Å². The number of carbonyl (C=O) groups excluding carboxylic acids is 2. The smallest absolute Gasteiger partial charge is 0.325 e. The second kappa shape index (κ2) is 7.52. The van der Waals surface area contributed by atoms with Crippen LogP contribution in [0.4, 0.5) is 10.5 Å². The molecule has 0 bridgehead atoms. The van der Waals surface area contributed by atoms with Gasteiger partial charge in [0.05, 0.1) is 25.8 Å². The number of rotatable bonds is 4. The Balaban J connectivity index is 1.59. The van der Waals surface area contributed by atoms with Crippen LogP contribution in [-0.4, -0.2) is 74.6 Å². The molecule has 134 valence electrons. The summed E-state index contributed by atoms with van der Waals surface area (Å²) in [6, 6.07) is 7.72. The van der Waals surface area contributed by atoms with E-state index in [1.165, 1.54) is 12.7 Å². The summed E-state index contributed by atoms with van der Waals surface area (Å²) in [5, 5.41) is 8.68. The van der Waals surface area contributed by atoms with Gasteiger partial charge in [0.25, 0.3) is 0 Å². The van der Waals surface area contributed by atoms with Gasteiger partial charge in [0.1, 0.15) is 6.17 Å². The summed E-state index contributed by atoms with van der Waals surface area (Å²) >= 11 is 0. The van der Waals surface area contributed by atoms with Crippen LogP contribution in [-0.2, 0) is 9.53 Å². The van der Waals surface area contributed by atoms with E-state index in [2.05, 4.69) is 27.5 Å². The van der Waals surface area contributed by atoms with Crippen molar-refractivity contribution in [3.05, 3.63) is 29.8 Å². The minimum atomic E-state index is -0.430. The van der Waals surface area contributed by atoms with Gasteiger partial charge in [0, 0.05) is 32.9 Å². The minimum absolute atomic E-state index is 0.200. The molecule has 2 heterocycles. The summed E-state index contributed by atoms with van der Waals surface area (Å²) < 4.78 is 5.36. The van der Waals surface area contributed by atoms with E-state index >= 15 is 0 Å². The number of morpholine rings is 1. The Kier molecular flexibility index (Phi) is 5.18. The number of hydrazone groups is 1. The molecular weight excluding hydrogens is 322 g/mol. The van der Waals surface area contributed by atoms with Gasteiger partial charge in [-0.15, -0.1) is 0 Å². The van der Waals surface area contributed by atoms with Gasteiger partial charge in [-0.2, -0.15) is 5.10 Å². The van der Waals surface area contributed by atoms with Crippen LogP contribution in [0.1, 0.15) is 12.0 Å². The minimum Gasteiger partial charge on any atom is -0.378 e. The molecule has 25 heavy (non-hydrogen) atoms. The Morgan fingerprint density at radius 1 is 1.24 bits per heavy atom. The maximum atomic E-state index is 11.8. The van der Waals surface area contributed by atoms with Crippen LogP contribution in [0.25, 0.3) is 0 Å². The van der Waals surface area contributed by atoms with Gasteiger partial charge >= 0.3 is 6.03 Å². The molecule has 0 saturated carbocycles. The number of hydrogen-bond donors (Lipinski definition) is 1. The third-order valence-electron chi connectivity index (χ3n) is 4.45. The zero-order valence-corrected chi connectivity index (χ0v) is 14.5. The molecule has 1 unspecified atom stereocenters. The number of anilines is 1. The average Bonchev–Trinajstić information content (AvgIpc) is 2.65. The lowest BCUT2D eigenvalue weighted by Crippen LogP contribution is -2.57. The van der Waals surface area contributed by atoms with Crippen LogP contribution in [0.15, 0.2) is 29.4 Å². The molecule has 3 amide bonds. The molecule has 8 heteroatoms. The number of benzene rings is 1. The number of urea groups is 1. The number of ether oxygens (including phenoxy) is 1. The maximum absolute atomic E-state index is 11.8. The van der Waals surface area contributed by atoms with Gasteiger partial charge in [-0.25, -0.2) is 4.79 Å². The lowest BCUT2D eigenvalue weighted by atomic mass is 10.2. The third kappa shape index (κ3) is 4.08. The third-order valence-corrected chi connectivity index (χ3v) is 4.45. The normalized spacial score (nSPS) is 21.6. The fraction of sp³-hybridized carbons (Fsp3) is 0.471. The Labute approximate surface area is 147 Å². The molecule has 2 aliphatic rings. The van der Waals surface area contributed by atoms with Gasteiger partial charge < -0.3 is 15.0 Å². The molecule has 8 nitrogen and oxygen atoms in total. The molecule has 1 aromatic carbocycles. The Bertz CT molecular complexity index is 637. The molecule has 2 fully saturated rings. The maximum Gasteiger partial charge on any atom is 0.325 e. The first-order chi connectivity index (χ1) is 12.0. The van der Waals surface area contributed by atoms with Crippen LogP contribution < -0.4 is 10.2 Å². The van der Waals surface area contributed by atoms with E-state index in [9.17, 15) is 9.59 Å². The van der Waals surface area contributed by atoms with Crippen molar-refractivity contribution in [3.63, 3.8) is 0 Å². The zero-order valence-electron chi connectivity index (χ0n) is 14.5. The van der Waals surface area contributed by atoms with E-state index in [0.717, 1.165) is 36.8 Å². The van der Waals surface area contributed by atoms with E-state index in [-0.39, 0.29) is 12.3 Å². The average molecular weight is 345 g/mol. The monoisotopic (exact) mass is 345 g/mol. The van der Waals surface area contributed by atoms with Crippen LogP contribution in [0.3, 0.4) is 0 Å². The lowest BCUT2D eigenvalue weighted by molar-refractivity contribution is -0.130. The molecule has 2 saturated heterocycles. The molecule has 1 atom stereocenters. The van der Waals surface area contributed by atoms with Crippen molar-refractivity contribution >= 4 is 23.8 Å². The van der Waals surface area contributed by atoms with Gasteiger partial charge in [0.2, 0.25) is 5.91 Å². The predicted octanol–water partition coefficient (Wildman–Crippen LogP) is 0.687. The number of nitrogens with zero attached hydrogens (tertiary/aromatic N) is 4. The van der Waals surface area contributed by atoms with Crippen molar-refractivity contribution in [1.29, 1.82) is 0 Å². The zero-order chi connectivity index (χ0) is 17.8. The Morgan fingerprint density at radius 3 is 2.56 bits per heavy atom. The van der Waals surface area contributed by atoms with Crippen molar-refractivity contribution in [1.82, 2.24) is 15.2 Å². The van der Waals surface area contributed by atoms with Crippen LogP contribution in [0, 0.1) is 0 Å². The highest BCUT2D eigenvalue weighted by Gasteiger charge is 2.31. The molecule has 1 aromatic rings. The molecular formula is C17H23N5O3. The highest BCUT2D eigenvalue weighted by Crippen LogP contribution is 2.16. The number of nitrogens with one attached hydrogen (secondary N) is 1. The summed E-state index contributed by atoms with van der Waals surface area (Å²) in [5.41, 5.74) is 2.12. The van der Waals surface area contributed by atoms with Crippen molar-refractivity contribution in [2.24, 2.45) is 5.10 Å². The van der Waals surface area contributed by atoms with Gasteiger partial charge in [-0.05, 0) is 17.7 Å². The number of carbonyl (C=O) groups is 2. The standard InChI is InChI=1S/C17H23N5O3/c1-20-16(23)11-15(19-17(20)24)21(2)18-12-13-3-5-14(6-4-13)22-7-9-25-10-8-22/h3-6,12,15H,7-11H2,1-2H3,(H,19,24). The van der Waals surface area contributed by atoms with Gasteiger partial charge in [-0.1, -0.05) is 12.1 Å². The fourth-order valence-electron chi connectivity index (χ4n) is 2.76. The molecule has 0 aliphatic carbocycles. The summed E-state index contributed by atoms with van der Waals surface area (Å²) in [6.45, 7) is 3.32. The predicted molar refractivity (Wildman–Crippen MR) is 94.5 cm³/mol. The molecule has 3 rings (SSSR count). The highest BCUT2D eigenvalue weighted by molar-refractivity contribution is 5.96. The second-order valence-corrected chi connectivity index (χ2v) is 6.13. The molecule has 1 N–H and O–H groups in total. The van der Waals surface area contributed by atoms with Crippen LogP contribution in [0.2, 0.25) is 0 Å². The first-order valence-electron chi connectivity index (χ1n) is 8.31. The summed E-state index contributed by atoms with van der Waals surface area (Å²) in [7, 11) is 3.20. The Morgan fingerprint density at radius 2 is 1.92 bits per heavy atom. The van der Waals surface area contributed by atoms with Crippen LogP contribution >= 0.6 is 0 Å². The molecule has 0 radical (unpaired) electrons. The molecule has 0 aromatic heterocycles. The molecule has 2 aliphatic heterocycles. The van der Waals surface area contributed by atoms with E-state index in [1.807, 2.05) is 12.1 Å².